The highest BCUT2D eigenvalue weighted by Crippen LogP contribution is 2.36. The first-order chi connectivity index (χ1) is 16.0. The van der Waals surface area contributed by atoms with Crippen molar-refractivity contribution in [3.8, 4) is 11.8 Å². The van der Waals surface area contributed by atoms with Crippen LogP contribution in [-0.2, 0) is 11.4 Å². The van der Waals surface area contributed by atoms with Crippen LogP contribution in [0.3, 0.4) is 0 Å². The van der Waals surface area contributed by atoms with Gasteiger partial charge in [0.05, 0.1) is 10.0 Å². The summed E-state index contributed by atoms with van der Waals surface area (Å²) in [4.78, 5) is 12.5. The van der Waals surface area contributed by atoms with Crippen LogP contribution in [0.15, 0.2) is 90.5 Å². The summed E-state index contributed by atoms with van der Waals surface area (Å²) >= 11 is 12.9. The van der Waals surface area contributed by atoms with Gasteiger partial charge < -0.3 is 10.1 Å². The number of ether oxygens (including phenoxy) is 1. The molecule has 0 saturated heterocycles. The zero-order chi connectivity index (χ0) is 23.2. The number of carbonyl (C=O) groups excluding carboxylic acids is 1. The topological polar surface area (TPSA) is 62.1 Å². The lowest BCUT2D eigenvalue weighted by Gasteiger charge is -2.13. The smallest absolute Gasteiger partial charge is 0.266 e. The van der Waals surface area contributed by atoms with Crippen molar-refractivity contribution in [1.29, 1.82) is 5.26 Å². The number of carbonyl (C=O) groups is 1. The maximum Gasteiger partial charge on any atom is 0.266 e. The summed E-state index contributed by atoms with van der Waals surface area (Å²) < 4.78 is 5.95. The molecular weight excluding hydrogens is 455 g/mol. The lowest BCUT2D eigenvalue weighted by Crippen LogP contribution is -2.13. The molecule has 0 atom stereocenters. The van der Waals surface area contributed by atoms with Crippen molar-refractivity contribution < 1.29 is 9.53 Å². The average molecular weight is 473 g/mol. The number of amides is 1. The molecule has 0 aliphatic rings. The fourth-order valence-electron chi connectivity index (χ4n) is 3.40. The zero-order valence-corrected chi connectivity index (χ0v) is 18.9. The molecule has 0 bridgehead atoms. The van der Waals surface area contributed by atoms with Crippen LogP contribution >= 0.6 is 23.2 Å². The summed E-state index contributed by atoms with van der Waals surface area (Å²) in [6.45, 7) is 0.291. The van der Waals surface area contributed by atoms with Gasteiger partial charge in [0.1, 0.15) is 18.2 Å². The highest BCUT2D eigenvalue weighted by molar-refractivity contribution is 6.37. The Morgan fingerprint density at radius 3 is 2.33 bits per heavy atom. The summed E-state index contributed by atoms with van der Waals surface area (Å²) in [5, 5.41) is 14.9. The molecule has 0 aliphatic heterocycles. The van der Waals surface area contributed by atoms with Gasteiger partial charge >= 0.3 is 0 Å². The van der Waals surface area contributed by atoms with Gasteiger partial charge in [0.2, 0.25) is 0 Å². The maximum atomic E-state index is 12.5. The first kappa shape index (κ1) is 22.4. The largest absolute Gasteiger partial charge is 0.486 e. The van der Waals surface area contributed by atoms with Gasteiger partial charge in [-0.05, 0) is 52.2 Å². The number of rotatable bonds is 6. The number of nitrogens with zero attached hydrogens (tertiary/aromatic N) is 1. The van der Waals surface area contributed by atoms with Gasteiger partial charge in [0.15, 0.2) is 5.75 Å². The van der Waals surface area contributed by atoms with E-state index in [0.29, 0.717) is 23.6 Å². The Morgan fingerprint density at radius 1 is 0.939 bits per heavy atom. The van der Waals surface area contributed by atoms with Gasteiger partial charge in [-0.15, -0.1) is 0 Å². The Kier molecular flexibility index (Phi) is 6.95. The number of nitrogens with one attached hydrogen (secondary N) is 1. The lowest BCUT2D eigenvalue weighted by atomic mass is 10.1. The molecule has 0 saturated carbocycles. The molecule has 4 aromatic rings. The number of hydrogen-bond acceptors (Lipinski definition) is 3. The van der Waals surface area contributed by atoms with Crippen molar-refractivity contribution in [2.75, 3.05) is 5.32 Å². The molecule has 0 fully saturated rings. The van der Waals surface area contributed by atoms with E-state index in [4.69, 9.17) is 27.9 Å². The average Bonchev–Trinajstić information content (AvgIpc) is 2.82. The molecule has 0 heterocycles. The minimum Gasteiger partial charge on any atom is -0.486 e. The Morgan fingerprint density at radius 2 is 1.61 bits per heavy atom. The third kappa shape index (κ3) is 5.35. The SMILES string of the molecule is N#C/C(=C/c1cc(Cl)c(OCc2cccc3ccccc23)c(Cl)c1)C(=O)Nc1ccccc1. The minimum absolute atomic E-state index is 0.0737. The van der Waals surface area contributed by atoms with Gasteiger partial charge in [-0.2, -0.15) is 5.26 Å². The van der Waals surface area contributed by atoms with Gasteiger partial charge in [-0.25, -0.2) is 0 Å². The number of halogens is 2. The van der Waals surface area contributed by atoms with Crippen molar-refractivity contribution in [3.63, 3.8) is 0 Å². The van der Waals surface area contributed by atoms with Gasteiger partial charge in [-0.1, -0.05) is 83.9 Å². The third-order valence-corrected chi connectivity index (χ3v) is 5.54. The number of anilines is 1. The molecular formula is C27H18Cl2N2O2. The first-order valence-corrected chi connectivity index (χ1v) is 10.9. The van der Waals surface area contributed by atoms with Crippen molar-refractivity contribution in [2.24, 2.45) is 0 Å². The van der Waals surface area contributed by atoms with Gasteiger partial charge in [0.25, 0.3) is 5.91 Å². The monoisotopic (exact) mass is 472 g/mol. The fourth-order valence-corrected chi connectivity index (χ4v) is 4.02. The second kappa shape index (κ2) is 10.2. The Hall–Kier alpha value is -3.78. The molecule has 4 aromatic carbocycles. The lowest BCUT2D eigenvalue weighted by molar-refractivity contribution is -0.112. The minimum atomic E-state index is -0.521. The van der Waals surface area contributed by atoms with E-state index in [0.717, 1.165) is 16.3 Å². The van der Waals surface area contributed by atoms with Crippen LogP contribution < -0.4 is 10.1 Å². The fraction of sp³-hybridized carbons (Fsp3) is 0.0370. The zero-order valence-electron chi connectivity index (χ0n) is 17.4. The Bertz CT molecular complexity index is 1360. The van der Waals surface area contributed by atoms with Crippen LogP contribution in [0.4, 0.5) is 5.69 Å². The molecule has 0 unspecified atom stereocenters. The molecule has 1 N–H and O–H groups in total. The van der Waals surface area contributed by atoms with Crippen molar-refractivity contribution in [1.82, 2.24) is 0 Å². The van der Waals surface area contributed by atoms with E-state index >= 15 is 0 Å². The number of nitriles is 1. The van der Waals surface area contributed by atoms with Crippen LogP contribution in [0.5, 0.6) is 5.75 Å². The molecule has 0 aliphatic carbocycles. The van der Waals surface area contributed by atoms with E-state index in [-0.39, 0.29) is 15.6 Å². The molecule has 0 aromatic heterocycles. The van der Waals surface area contributed by atoms with Gasteiger partial charge in [-0.3, -0.25) is 4.79 Å². The molecule has 4 nitrogen and oxygen atoms in total. The normalized spacial score (nSPS) is 11.1. The number of benzene rings is 4. The maximum absolute atomic E-state index is 12.5. The van der Waals surface area contributed by atoms with E-state index in [1.165, 1.54) is 6.08 Å². The van der Waals surface area contributed by atoms with E-state index in [1.807, 2.05) is 54.6 Å². The van der Waals surface area contributed by atoms with E-state index in [1.54, 1.807) is 36.4 Å². The molecule has 1 amide bonds. The quantitative estimate of drug-likeness (QED) is 0.237. The van der Waals surface area contributed by atoms with E-state index in [9.17, 15) is 10.1 Å². The summed E-state index contributed by atoms with van der Waals surface area (Å²) in [7, 11) is 0. The second-order valence-corrected chi connectivity index (χ2v) is 8.04. The summed E-state index contributed by atoms with van der Waals surface area (Å²) in [6, 6.07) is 28.1. The predicted octanol–water partition coefficient (Wildman–Crippen LogP) is 7.27. The molecule has 162 valence electrons. The molecule has 0 radical (unpaired) electrons. The summed E-state index contributed by atoms with van der Waals surface area (Å²) in [6.07, 6.45) is 1.44. The molecule has 0 spiro atoms. The highest BCUT2D eigenvalue weighted by Gasteiger charge is 2.13. The van der Waals surface area contributed by atoms with E-state index in [2.05, 4.69) is 5.32 Å². The highest BCUT2D eigenvalue weighted by atomic mass is 35.5. The van der Waals surface area contributed by atoms with E-state index < -0.39 is 5.91 Å². The Balaban J connectivity index is 1.54. The van der Waals surface area contributed by atoms with Crippen LogP contribution in [0.25, 0.3) is 16.8 Å². The van der Waals surface area contributed by atoms with Crippen LogP contribution in [-0.4, -0.2) is 5.91 Å². The standard InChI is InChI=1S/C27H18Cl2N2O2/c28-24-14-18(13-21(16-30)27(32)31-22-10-2-1-3-11-22)15-25(29)26(24)33-17-20-9-6-8-19-7-4-5-12-23(19)20/h1-15H,17H2,(H,31,32)/b21-13-. The molecule has 6 heteroatoms. The first-order valence-electron chi connectivity index (χ1n) is 10.1. The van der Waals surface area contributed by atoms with Crippen molar-refractivity contribution in [2.45, 2.75) is 6.61 Å². The second-order valence-electron chi connectivity index (χ2n) is 7.23. The van der Waals surface area contributed by atoms with Crippen LogP contribution in [0, 0.1) is 11.3 Å². The van der Waals surface area contributed by atoms with Crippen LogP contribution in [0.2, 0.25) is 10.0 Å². The van der Waals surface area contributed by atoms with Crippen LogP contribution in [0.1, 0.15) is 11.1 Å². The Labute approximate surface area is 201 Å². The molecule has 33 heavy (non-hydrogen) atoms. The molecule has 4 rings (SSSR count). The van der Waals surface area contributed by atoms with Crippen molar-refractivity contribution >= 4 is 51.6 Å². The summed E-state index contributed by atoms with van der Waals surface area (Å²) in [5.41, 5.74) is 2.04. The predicted molar refractivity (Wildman–Crippen MR) is 133 cm³/mol. The number of hydrogen-bond donors (Lipinski definition) is 1. The van der Waals surface area contributed by atoms with Crippen molar-refractivity contribution in [3.05, 3.63) is 112 Å². The van der Waals surface area contributed by atoms with Gasteiger partial charge in [0, 0.05) is 5.69 Å². The summed E-state index contributed by atoms with van der Waals surface area (Å²) in [5.74, 6) is -0.178. The number of para-hydroxylation sites is 1. The number of fused-ring (bicyclic) bond motifs is 1. The third-order valence-electron chi connectivity index (χ3n) is 4.98.